The molecule has 0 aliphatic carbocycles. The minimum atomic E-state index is -0.452. The predicted molar refractivity (Wildman–Crippen MR) is 64.6 cm³/mol. The van der Waals surface area contributed by atoms with Crippen molar-refractivity contribution in [3.8, 4) is 0 Å². The Bertz CT molecular complexity index is 416. The fraction of sp³-hybridized carbons (Fsp3) is 0.462. The van der Waals surface area contributed by atoms with Gasteiger partial charge in [0.05, 0.1) is 12.1 Å². The molecule has 0 fully saturated rings. The maximum atomic E-state index is 12.9. The predicted octanol–water partition coefficient (Wildman–Crippen LogP) is 2.29. The highest BCUT2D eigenvalue weighted by atomic mass is 19.1. The molecule has 94 valence electrons. The van der Waals surface area contributed by atoms with E-state index in [9.17, 15) is 9.18 Å². The van der Waals surface area contributed by atoms with Crippen molar-refractivity contribution in [1.29, 1.82) is 0 Å². The Morgan fingerprint density at radius 1 is 1.47 bits per heavy atom. The van der Waals surface area contributed by atoms with Crippen molar-refractivity contribution < 1.29 is 13.9 Å². The number of carbonyl (C=O) groups excluding carboxylic acids is 1. The van der Waals surface area contributed by atoms with Gasteiger partial charge in [-0.3, -0.25) is 4.79 Å². The molecule has 1 aromatic carbocycles. The Kier molecular flexibility index (Phi) is 4.23. The normalized spacial score (nSPS) is 11.4. The monoisotopic (exact) mass is 239 g/mol. The molecule has 1 rings (SSSR count). The molecule has 0 saturated heterocycles. The maximum absolute atomic E-state index is 12.9. The zero-order chi connectivity index (χ0) is 13.1. The molecule has 0 aliphatic rings. The second kappa shape index (κ2) is 5.27. The van der Waals surface area contributed by atoms with Crippen LogP contribution in [0.15, 0.2) is 18.2 Å². The second-order valence-corrected chi connectivity index (χ2v) is 4.73. The number of rotatable bonds is 4. The van der Waals surface area contributed by atoms with Crippen LogP contribution < -0.4 is 5.32 Å². The van der Waals surface area contributed by atoms with Gasteiger partial charge >= 0.3 is 0 Å². The molecular weight excluding hydrogens is 221 g/mol. The van der Waals surface area contributed by atoms with Crippen molar-refractivity contribution in [3.63, 3.8) is 0 Å². The molecule has 1 N–H and O–H groups in total. The third-order valence-electron chi connectivity index (χ3n) is 2.39. The quantitative estimate of drug-likeness (QED) is 0.875. The molecule has 0 radical (unpaired) electrons. The van der Waals surface area contributed by atoms with Crippen LogP contribution in [0.1, 0.15) is 29.8 Å². The minimum absolute atomic E-state index is 0.218. The first-order chi connectivity index (χ1) is 7.85. The van der Waals surface area contributed by atoms with Crippen LogP contribution in [0.2, 0.25) is 0 Å². The summed E-state index contributed by atoms with van der Waals surface area (Å²) in [5.74, 6) is -0.556. The zero-order valence-corrected chi connectivity index (χ0v) is 10.6. The van der Waals surface area contributed by atoms with Gasteiger partial charge in [-0.1, -0.05) is 0 Å². The van der Waals surface area contributed by atoms with Crippen molar-refractivity contribution in [2.75, 3.05) is 13.7 Å². The lowest BCUT2D eigenvalue weighted by Gasteiger charge is -2.25. The molecule has 1 amide bonds. The Balaban J connectivity index is 2.83. The van der Waals surface area contributed by atoms with Crippen LogP contribution in [0.5, 0.6) is 0 Å². The summed E-state index contributed by atoms with van der Waals surface area (Å²) in [6, 6.07) is 4.12. The van der Waals surface area contributed by atoms with E-state index in [-0.39, 0.29) is 11.7 Å². The summed E-state index contributed by atoms with van der Waals surface area (Å²) >= 11 is 0. The average molecular weight is 239 g/mol. The van der Waals surface area contributed by atoms with Crippen LogP contribution in [-0.4, -0.2) is 25.2 Å². The van der Waals surface area contributed by atoms with Crippen molar-refractivity contribution >= 4 is 5.91 Å². The van der Waals surface area contributed by atoms with Crippen LogP contribution in [0.25, 0.3) is 0 Å². The fourth-order valence-electron chi connectivity index (χ4n) is 1.65. The third kappa shape index (κ3) is 3.82. The Hall–Kier alpha value is -1.42. The van der Waals surface area contributed by atoms with Gasteiger partial charge in [0.2, 0.25) is 0 Å². The van der Waals surface area contributed by atoms with E-state index in [1.54, 1.807) is 14.0 Å². The van der Waals surface area contributed by atoms with Crippen LogP contribution in [0.4, 0.5) is 4.39 Å². The van der Waals surface area contributed by atoms with Crippen molar-refractivity contribution in [2.24, 2.45) is 0 Å². The summed E-state index contributed by atoms with van der Waals surface area (Å²) < 4.78 is 17.9. The molecule has 4 heteroatoms. The summed E-state index contributed by atoms with van der Waals surface area (Å²) in [5, 5.41) is 2.85. The van der Waals surface area contributed by atoms with Crippen molar-refractivity contribution in [3.05, 3.63) is 35.1 Å². The number of hydrogen-bond acceptors (Lipinski definition) is 2. The topological polar surface area (TPSA) is 38.3 Å². The number of amides is 1. The lowest BCUT2D eigenvalue weighted by atomic mass is 10.0. The first-order valence-electron chi connectivity index (χ1n) is 5.43. The number of methoxy groups -OCH3 is 1. The molecule has 0 spiro atoms. The van der Waals surface area contributed by atoms with Gasteiger partial charge in [0.1, 0.15) is 5.82 Å². The highest BCUT2D eigenvalue weighted by Gasteiger charge is 2.21. The lowest BCUT2D eigenvalue weighted by molar-refractivity contribution is 0.0819. The summed E-state index contributed by atoms with van der Waals surface area (Å²) in [6.07, 6.45) is 0. The van der Waals surface area contributed by atoms with Gasteiger partial charge in [0.25, 0.3) is 5.91 Å². The van der Waals surface area contributed by atoms with Gasteiger partial charge in [-0.05, 0) is 44.5 Å². The third-order valence-corrected chi connectivity index (χ3v) is 2.39. The van der Waals surface area contributed by atoms with Gasteiger partial charge < -0.3 is 10.1 Å². The van der Waals surface area contributed by atoms with Crippen LogP contribution >= 0.6 is 0 Å². The van der Waals surface area contributed by atoms with E-state index in [0.29, 0.717) is 17.7 Å². The van der Waals surface area contributed by atoms with E-state index in [0.717, 1.165) is 0 Å². The molecule has 0 atom stereocenters. The first-order valence-corrected chi connectivity index (χ1v) is 5.43. The van der Waals surface area contributed by atoms with Gasteiger partial charge in [-0.2, -0.15) is 0 Å². The largest absolute Gasteiger partial charge is 0.382 e. The van der Waals surface area contributed by atoms with E-state index >= 15 is 0 Å². The average Bonchev–Trinajstić information content (AvgIpc) is 2.15. The summed E-state index contributed by atoms with van der Waals surface area (Å²) in [5.41, 5.74) is 0.651. The van der Waals surface area contributed by atoms with Gasteiger partial charge in [-0.25, -0.2) is 4.39 Å². The van der Waals surface area contributed by atoms with Crippen LogP contribution in [0, 0.1) is 12.7 Å². The number of benzene rings is 1. The maximum Gasteiger partial charge on any atom is 0.252 e. The Morgan fingerprint density at radius 3 is 2.65 bits per heavy atom. The Morgan fingerprint density at radius 2 is 2.12 bits per heavy atom. The molecule has 1 aromatic rings. The van der Waals surface area contributed by atoms with E-state index in [2.05, 4.69) is 5.32 Å². The molecular formula is C13H18FNO2. The van der Waals surface area contributed by atoms with E-state index < -0.39 is 5.54 Å². The van der Waals surface area contributed by atoms with Gasteiger partial charge in [0.15, 0.2) is 0 Å². The SMILES string of the molecule is COCC(C)(C)NC(=O)c1ccc(F)cc1C. The van der Waals surface area contributed by atoms with Crippen molar-refractivity contribution in [2.45, 2.75) is 26.3 Å². The van der Waals surface area contributed by atoms with Crippen LogP contribution in [0.3, 0.4) is 0 Å². The first kappa shape index (κ1) is 13.6. The number of ether oxygens (including phenoxy) is 1. The van der Waals surface area contributed by atoms with Gasteiger partial charge in [0, 0.05) is 12.7 Å². The number of aryl methyl sites for hydroxylation is 1. The summed E-state index contributed by atoms with van der Waals surface area (Å²) in [7, 11) is 1.58. The number of hydrogen-bond donors (Lipinski definition) is 1. The van der Waals surface area contributed by atoms with Gasteiger partial charge in [-0.15, -0.1) is 0 Å². The lowest BCUT2D eigenvalue weighted by Crippen LogP contribution is -2.46. The molecule has 0 saturated carbocycles. The molecule has 17 heavy (non-hydrogen) atoms. The standard InChI is InChI=1S/C13H18FNO2/c1-9-7-10(14)5-6-11(9)12(16)15-13(2,3)8-17-4/h5-7H,8H2,1-4H3,(H,15,16). The number of carbonyl (C=O) groups is 1. The molecule has 0 heterocycles. The Labute approximate surface area is 101 Å². The summed E-state index contributed by atoms with van der Waals surface area (Å²) in [4.78, 5) is 12.0. The van der Waals surface area contributed by atoms with E-state index in [4.69, 9.17) is 4.74 Å². The summed E-state index contributed by atoms with van der Waals surface area (Å²) in [6.45, 7) is 5.86. The molecule has 0 aliphatic heterocycles. The minimum Gasteiger partial charge on any atom is -0.382 e. The smallest absolute Gasteiger partial charge is 0.252 e. The molecule has 3 nitrogen and oxygen atoms in total. The highest BCUT2D eigenvalue weighted by molar-refractivity contribution is 5.96. The molecule has 0 unspecified atom stereocenters. The van der Waals surface area contributed by atoms with Crippen LogP contribution in [-0.2, 0) is 4.74 Å². The zero-order valence-electron chi connectivity index (χ0n) is 10.6. The molecule has 0 bridgehead atoms. The fourth-order valence-corrected chi connectivity index (χ4v) is 1.65. The van der Waals surface area contributed by atoms with Crippen molar-refractivity contribution in [1.82, 2.24) is 5.32 Å². The molecule has 0 aromatic heterocycles. The van der Waals surface area contributed by atoms with E-state index in [1.165, 1.54) is 18.2 Å². The second-order valence-electron chi connectivity index (χ2n) is 4.73. The number of halogens is 1. The van der Waals surface area contributed by atoms with E-state index in [1.807, 2.05) is 13.8 Å². The number of nitrogens with one attached hydrogen (secondary N) is 1. The highest BCUT2D eigenvalue weighted by Crippen LogP contribution is 2.12.